The second-order valence-electron chi connectivity index (χ2n) is 4.10. The van der Waals surface area contributed by atoms with Crippen LogP contribution in [0.1, 0.15) is 10.4 Å². The van der Waals surface area contributed by atoms with Gasteiger partial charge in [-0.1, -0.05) is 0 Å². The Morgan fingerprint density at radius 3 is 2.76 bits per heavy atom. The molecule has 0 aliphatic heterocycles. The van der Waals surface area contributed by atoms with E-state index < -0.39 is 11.7 Å². The molecule has 1 aromatic carbocycles. The maximum Gasteiger partial charge on any atom is 0.251 e. The summed E-state index contributed by atoms with van der Waals surface area (Å²) in [5, 5.41) is 5.00. The van der Waals surface area contributed by atoms with E-state index in [2.05, 4.69) is 15.6 Å². The summed E-state index contributed by atoms with van der Waals surface area (Å²) in [5.74, 6) is -1.36. The van der Waals surface area contributed by atoms with E-state index in [1.54, 1.807) is 18.3 Å². The Kier molecular flexibility index (Phi) is 5.20. The van der Waals surface area contributed by atoms with Crippen molar-refractivity contribution in [3.63, 3.8) is 0 Å². The van der Waals surface area contributed by atoms with Crippen molar-refractivity contribution >= 4 is 40.1 Å². The third kappa shape index (κ3) is 4.48. The largest absolute Gasteiger partial charge is 0.343 e. The molecule has 7 heteroatoms. The Hall–Kier alpha value is -2.03. The number of anilines is 1. The van der Waals surface area contributed by atoms with Crippen molar-refractivity contribution < 1.29 is 14.0 Å². The molecule has 1 heterocycles. The molecule has 0 unspecified atom stereocenters. The third-order valence-corrected chi connectivity index (χ3v) is 3.41. The predicted molar refractivity (Wildman–Crippen MR) is 84.3 cm³/mol. The summed E-state index contributed by atoms with van der Waals surface area (Å²) >= 11 is 1.83. The van der Waals surface area contributed by atoms with Crippen LogP contribution in [-0.4, -0.2) is 23.3 Å². The van der Waals surface area contributed by atoms with E-state index in [0.717, 1.165) is 6.07 Å². The normalized spacial score (nSPS) is 10.0. The number of carbonyl (C=O) groups is 2. The average Bonchev–Trinajstić information content (AvgIpc) is 2.48. The first kappa shape index (κ1) is 15.4. The first-order chi connectivity index (χ1) is 10.1. The first-order valence-corrected chi connectivity index (χ1v) is 7.07. The van der Waals surface area contributed by atoms with Crippen molar-refractivity contribution in [1.29, 1.82) is 0 Å². The lowest BCUT2D eigenvalue weighted by atomic mass is 10.2. The number of rotatable bonds is 4. The predicted octanol–water partition coefficient (Wildman–Crippen LogP) is 2.19. The van der Waals surface area contributed by atoms with Crippen LogP contribution in [0.15, 0.2) is 42.7 Å². The van der Waals surface area contributed by atoms with Gasteiger partial charge >= 0.3 is 0 Å². The number of halogens is 2. The van der Waals surface area contributed by atoms with Crippen molar-refractivity contribution in [1.82, 2.24) is 10.3 Å². The molecule has 0 aliphatic carbocycles. The summed E-state index contributed by atoms with van der Waals surface area (Å²) in [5.41, 5.74) is 0.708. The molecule has 5 nitrogen and oxygen atoms in total. The highest BCUT2D eigenvalue weighted by Gasteiger charge is 2.10. The molecule has 0 saturated heterocycles. The van der Waals surface area contributed by atoms with Gasteiger partial charge < -0.3 is 10.6 Å². The summed E-state index contributed by atoms with van der Waals surface area (Å²) in [6.07, 6.45) is 3.08. The van der Waals surface area contributed by atoms with E-state index in [-0.39, 0.29) is 18.0 Å². The molecule has 1 aromatic heterocycles. The highest BCUT2D eigenvalue weighted by molar-refractivity contribution is 14.1. The minimum atomic E-state index is -0.508. The van der Waals surface area contributed by atoms with Gasteiger partial charge in [0.05, 0.1) is 18.4 Å². The van der Waals surface area contributed by atoms with E-state index in [1.807, 2.05) is 22.6 Å². The van der Waals surface area contributed by atoms with Crippen LogP contribution in [0, 0.1) is 9.39 Å². The molecule has 2 aromatic rings. The molecule has 0 saturated carbocycles. The number of pyridine rings is 1. The highest BCUT2D eigenvalue weighted by Crippen LogP contribution is 2.12. The Morgan fingerprint density at radius 1 is 1.29 bits per heavy atom. The fraction of sp³-hybridized carbons (Fsp3) is 0.0714. The van der Waals surface area contributed by atoms with E-state index in [9.17, 15) is 14.0 Å². The quantitative estimate of drug-likeness (QED) is 0.775. The number of amides is 2. The van der Waals surface area contributed by atoms with Gasteiger partial charge in [-0.2, -0.15) is 0 Å². The van der Waals surface area contributed by atoms with Crippen LogP contribution in [0.2, 0.25) is 0 Å². The molecule has 21 heavy (non-hydrogen) atoms. The van der Waals surface area contributed by atoms with Gasteiger partial charge in [-0.25, -0.2) is 4.39 Å². The fourth-order valence-electron chi connectivity index (χ4n) is 1.54. The molecule has 0 radical (unpaired) electrons. The van der Waals surface area contributed by atoms with Gasteiger partial charge in [0, 0.05) is 15.3 Å². The summed E-state index contributed by atoms with van der Waals surface area (Å²) in [6, 6.07) is 7.50. The van der Waals surface area contributed by atoms with Crippen LogP contribution in [0.5, 0.6) is 0 Å². The summed E-state index contributed by atoms with van der Waals surface area (Å²) in [6.45, 7) is -0.207. The van der Waals surface area contributed by atoms with Gasteiger partial charge in [0.15, 0.2) is 0 Å². The molecular weight excluding hydrogens is 388 g/mol. The number of nitrogens with zero attached hydrogens (tertiary/aromatic N) is 1. The lowest BCUT2D eigenvalue weighted by molar-refractivity contribution is -0.115. The van der Waals surface area contributed by atoms with Gasteiger partial charge in [0.25, 0.3) is 5.91 Å². The Bertz CT molecular complexity index is 665. The number of benzene rings is 1. The molecule has 2 rings (SSSR count). The molecule has 0 atom stereocenters. The van der Waals surface area contributed by atoms with Crippen LogP contribution in [0.25, 0.3) is 0 Å². The minimum Gasteiger partial charge on any atom is -0.343 e. The molecule has 0 fully saturated rings. The van der Waals surface area contributed by atoms with Crippen molar-refractivity contribution in [2.24, 2.45) is 0 Å². The zero-order valence-electron chi connectivity index (χ0n) is 10.8. The van der Waals surface area contributed by atoms with Gasteiger partial charge in [-0.15, -0.1) is 0 Å². The van der Waals surface area contributed by atoms with Crippen molar-refractivity contribution in [2.45, 2.75) is 0 Å². The maximum atomic E-state index is 13.4. The summed E-state index contributed by atoms with van der Waals surface area (Å²) in [7, 11) is 0. The van der Waals surface area contributed by atoms with E-state index in [4.69, 9.17) is 0 Å². The van der Waals surface area contributed by atoms with Gasteiger partial charge in [0.1, 0.15) is 5.82 Å². The zero-order chi connectivity index (χ0) is 15.2. The summed E-state index contributed by atoms with van der Waals surface area (Å²) < 4.78 is 13.8. The SMILES string of the molecule is O=C(CNC(=O)c1ccc(I)c(F)c1)Nc1cccnc1. The van der Waals surface area contributed by atoms with Crippen molar-refractivity contribution in [2.75, 3.05) is 11.9 Å². The Labute approximate surface area is 134 Å². The lowest BCUT2D eigenvalue weighted by Crippen LogP contribution is -2.32. The molecule has 0 spiro atoms. The van der Waals surface area contributed by atoms with Gasteiger partial charge in [0.2, 0.25) is 5.91 Å². The van der Waals surface area contributed by atoms with Crippen LogP contribution in [0.3, 0.4) is 0 Å². The molecule has 0 aliphatic rings. The van der Waals surface area contributed by atoms with Gasteiger partial charge in [-0.3, -0.25) is 14.6 Å². The fourth-order valence-corrected chi connectivity index (χ4v) is 1.88. The maximum absolute atomic E-state index is 13.4. The van der Waals surface area contributed by atoms with Crippen LogP contribution >= 0.6 is 22.6 Å². The van der Waals surface area contributed by atoms with Gasteiger partial charge in [-0.05, 0) is 52.9 Å². The van der Waals surface area contributed by atoms with Crippen LogP contribution < -0.4 is 10.6 Å². The molecular formula is C14H11FIN3O2. The number of hydrogen-bond donors (Lipinski definition) is 2. The van der Waals surface area contributed by atoms with E-state index in [1.165, 1.54) is 18.3 Å². The van der Waals surface area contributed by atoms with E-state index in [0.29, 0.717) is 9.26 Å². The number of aromatic nitrogens is 1. The second kappa shape index (κ2) is 7.11. The lowest BCUT2D eigenvalue weighted by Gasteiger charge is -2.07. The molecule has 2 amide bonds. The van der Waals surface area contributed by atoms with E-state index >= 15 is 0 Å². The average molecular weight is 399 g/mol. The second-order valence-corrected chi connectivity index (χ2v) is 5.26. The standard InChI is InChI=1S/C14H11FIN3O2/c15-11-6-9(3-4-12(11)16)14(21)18-8-13(20)19-10-2-1-5-17-7-10/h1-7H,8H2,(H,18,21)(H,19,20). The number of nitrogens with one attached hydrogen (secondary N) is 2. The minimum absolute atomic E-state index is 0.169. The molecule has 108 valence electrons. The zero-order valence-corrected chi connectivity index (χ0v) is 12.9. The molecule has 2 N–H and O–H groups in total. The van der Waals surface area contributed by atoms with Crippen molar-refractivity contribution in [3.05, 3.63) is 57.7 Å². The highest BCUT2D eigenvalue weighted by atomic mass is 127. The Morgan fingerprint density at radius 2 is 2.10 bits per heavy atom. The topological polar surface area (TPSA) is 71.1 Å². The first-order valence-electron chi connectivity index (χ1n) is 5.99. The molecule has 0 bridgehead atoms. The monoisotopic (exact) mass is 399 g/mol. The summed E-state index contributed by atoms with van der Waals surface area (Å²) in [4.78, 5) is 27.3. The Balaban J connectivity index is 1.89. The van der Waals surface area contributed by atoms with Crippen LogP contribution in [-0.2, 0) is 4.79 Å². The van der Waals surface area contributed by atoms with Crippen LogP contribution in [0.4, 0.5) is 10.1 Å². The third-order valence-electron chi connectivity index (χ3n) is 2.54. The van der Waals surface area contributed by atoms with Crippen molar-refractivity contribution in [3.8, 4) is 0 Å². The number of carbonyl (C=O) groups excluding carboxylic acids is 2. The number of hydrogen-bond acceptors (Lipinski definition) is 3. The smallest absolute Gasteiger partial charge is 0.251 e.